The molecule has 3 rings (SSSR count). The normalized spacial score (nSPS) is 14.5. The first-order chi connectivity index (χ1) is 9.76. The number of benzene rings is 2. The van der Waals surface area contributed by atoms with E-state index in [1.165, 1.54) is 17.7 Å². The minimum Gasteiger partial charge on any atom is -0.493 e. The molecule has 104 valence electrons. The summed E-state index contributed by atoms with van der Waals surface area (Å²) in [4.78, 5) is 0. The van der Waals surface area contributed by atoms with Gasteiger partial charge in [-0.2, -0.15) is 0 Å². The Hall–Kier alpha value is -2.07. The minimum absolute atomic E-state index is 0.00589. The Kier molecular flexibility index (Phi) is 3.56. The van der Waals surface area contributed by atoms with E-state index in [0.29, 0.717) is 6.54 Å². The molecule has 20 heavy (non-hydrogen) atoms. The fourth-order valence-corrected chi connectivity index (χ4v) is 2.45. The number of nitrogens with two attached hydrogens (primary N) is 1. The Labute approximate surface area is 117 Å². The van der Waals surface area contributed by atoms with Crippen LogP contribution >= 0.6 is 0 Å². The first-order valence-electron chi connectivity index (χ1n) is 6.74. The monoisotopic (exact) mass is 272 g/mol. The molecule has 1 unspecified atom stereocenters. The van der Waals surface area contributed by atoms with E-state index in [4.69, 9.17) is 10.5 Å². The van der Waals surface area contributed by atoms with Crippen LogP contribution in [0.5, 0.6) is 5.75 Å². The molecule has 0 bridgehead atoms. The number of hydrogen-bond donors (Lipinski definition) is 2. The van der Waals surface area contributed by atoms with Crippen molar-refractivity contribution < 1.29 is 9.13 Å². The highest BCUT2D eigenvalue weighted by atomic mass is 19.1. The molecule has 3 nitrogen and oxygen atoms in total. The van der Waals surface area contributed by atoms with Crippen LogP contribution in [0.15, 0.2) is 42.5 Å². The highest BCUT2D eigenvalue weighted by Crippen LogP contribution is 2.29. The molecule has 1 aliphatic rings. The Morgan fingerprint density at radius 1 is 1.20 bits per heavy atom. The maximum absolute atomic E-state index is 12.9. The number of halogens is 1. The predicted molar refractivity (Wildman–Crippen MR) is 77.5 cm³/mol. The van der Waals surface area contributed by atoms with Gasteiger partial charge in [0, 0.05) is 18.7 Å². The minimum atomic E-state index is -0.241. The largest absolute Gasteiger partial charge is 0.493 e. The standard InChI is InChI=1S/C16H17FN2O/c17-13-2-4-14(5-3-13)19-15(10-18)11-1-6-16-12(9-11)7-8-20-16/h1-6,9,15,19H,7-8,10,18H2. The van der Waals surface area contributed by atoms with Crippen molar-refractivity contribution in [3.63, 3.8) is 0 Å². The highest BCUT2D eigenvalue weighted by molar-refractivity contribution is 5.47. The van der Waals surface area contributed by atoms with Crippen LogP contribution < -0.4 is 15.8 Å². The summed E-state index contributed by atoms with van der Waals surface area (Å²) in [5, 5.41) is 3.33. The lowest BCUT2D eigenvalue weighted by Crippen LogP contribution is -2.20. The van der Waals surface area contributed by atoms with Gasteiger partial charge in [-0.15, -0.1) is 0 Å². The number of fused-ring (bicyclic) bond motifs is 1. The van der Waals surface area contributed by atoms with Gasteiger partial charge in [0.15, 0.2) is 0 Å². The second kappa shape index (κ2) is 5.51. The van der Waals surface area contributed by atoms with Gasteiger partial charge < -0.3 is 15.8 Å². The molecule has 1 aliphatic heterocycles. The summed E-state index contributed by atoms with van der Waals surface area (Å²) in [6.07, 6.45) is 0.941. The molecule has 0 aliphatic carbocycles. The maximum Gasteiger partial charge on any atom is 0.123 e. The molecule has 0 saturated heterocycles. The van der Waals surface area contributed by atoms with Crippen molar-refractivity contribution in [1.82, 2.24) is 0 Å². The zero-order valence-corrected chi connectivity index (χ0v) is 11.1. The smallest absolute Gasteiger partial charge is 0.123 e. The van der Waals surface area contributed by atoms with Gasteiger partial charge in [0.1, 0.15) is 11.6 Å². The Bertz CT molecular complexity index is 598. The van der Waals surface area contributed by atoms with Crippen LogP contribution in [0.3, 0.4) is 0 Å². The lowest BCUT2D eigenvalue weighted by molar-refractivity contribution is 0.357. The van der Waals surface area contributed by atoms with Gasteiger partial charge in [0.25, 0.3) is 0 Å². The summed E-state index contributed by atoms with van der Waals surface area (Å²) in [5.41, 5.74) is 9.07. The van der Waals surface area contributed by atoms with Crippen LogP contribution in [-0.4, -0.2) is 13.2 Å². The third-order valence-corrected chi connectivity index (χ3v) is 3.54. The van der Waals surface area contributed by atoms with Crippen LogP contribution in [0.2, 0.25) is 0 Å². The quantitative estimate of drug-likeness (QED) is 0.899. The van der Waals surface area contributed by atoms with Gasteiger partial charge in [-0.05, 0) is 47.5 Å². The molecule has 0 fully saturated rings. The van der Waals surface area contributed by atoms with Crippen LogP contribution in [0, 0.1) is 5.82 Å². The Morgan fingerprint density at radius 2 is 2.00 bits per heavy atom. The van der Waals surface area contributed by atoms with E-state index in [-0.39, 0.29) is 11.9 Å². The second-order valence-electron chi connectivity index (χ2n) is 4.91. The van der Waals surface area contributed by atoms with Gasteiger partial charge in [0.05, 0.1) is 12.6 Å². The highest BCUT2D eigenvalue weighted by Gasteiger charge is 2.16. The van der Waals surface area contributed by atoms with Gasteiger partial charge in [0.2, 0.25) is 0 Å². The number of ether oxygens (including phenoxy) is 1. The molecular formula is C16H17FN2O. The van der Waals surface area contributed by atoms with E-state index in [1.807, 2.05) is 12.1 Å². The molecule has 2 aromatic carbocycles. The zero-order chi connectivity index (χ0) is 13.9. The summed E-state index contributed by atoms with van der Waals surface area (Å²) < 4.78 is 18.4. The second-order valence-corrected chi connectivity index (χ2v) is 4.91. The van der Waals surface area contributed by atoms with E-state index >= 15 is 0 Å². The summed E-state index contributed by atoms with van der Waals surface area (Å²) in [6.45, 7) is 1.22. The van der Waals surface area contributed by atoms with Crippen molar-refractivity contribution in [2.75, 3.05) is 18.5 Å². The van der Waals surface area contributed by atoms with E-state index in [1.54, 1.807) is 12.1 Å². The SMILES string of the molecule is NCC(Nc1ccc(F)cc1)c1ccc2c(c1)CCO2. The van der Waals surface area contributed by atoms with Crippen molar-refractivity contribution in [2.24, 2.45) is 5.73 Å². The molecule has 0 spiro atoms. The van der Waals surface area contributed by atoms with Crippen molar-refractivity contribution in [1.29, 1.82) is 0 Å². The molecule has 3 N–H and O–H groups in total. The Morgan fingerprint density at radius 3 is 2.75 bits per heavy atom. The number of anilines is 1. The summed E-state index contributed by atoms with van der Waals surface area (Å²) in [6, 6.07) is 12.5. The van der Waals surface area contributed by atoms with Crippen molar-refractivity contribution >= 4 is 5.69 Å². The number of rotatable bonds is 4. The van der Waals surface area contributed by atoms with E-state index < -0.39 is 0 Å². The van der Waals surface area contributed by atoms with Gasteiger partial charge in [-0.1, -0.05) is 6.07 Å². The average molecular weight is 272 g/mol. The molecule has 1 atom stereocenters. The van der Waals surface area contributed by atoms with E-state index in [2.05, 4.69) is 11.4 Å². The summed E-state index contributed by atoms with van der Waals surface area (Å²) >= 11 is 0. The fraction of sp³-hybridized carbons (Fsp3) is 0.250. The molecule has 0 amide bonds. The molecule has 0 saturated carbocycles. The van der Waals surface area contributed by atoms with Crippen molar-refractivity contribution in [2.45, 2.75) is 12.5 Å². The van der Waals surface area contributed by atoms with Crippen LogP contribution in [0.1, 0.15) is 17.2 Å². The predicted octanol–water partition coefficient (Wildman–Crippen LogP) is 2.87. The molecule has 1 heterocycles. The summed E-state index contributed by atoms with van der Waals surface area (Å²) in [5.74, 6) is 0.723. The molecule has 0 aromatic heterocycles. The molecular weight excluding hydrogens is 255 g/mol. The first-order valence-corrected chi connectivity index (χ1v) is 6.74. The molecule has 4 heteroatoms. The van der Waals surface area contributed by atoms with E-state index in [9.17, 15) is 4.39 Å². The van der Waals surface area contributed by atoms with Gasteiger partial charge in [-0.25, -0.2) is 4.39 Å². The zero-order valence-electron chi connectivity index (χ0n) is 11.1. The van der Waals surface area contributed by atoms with Crippen LogP contribution in [0.4, 0.5) is 10.1 Å². The summed E-state index contributed by atoms with van der Waals surface area (Å²) in [7, 11) is 0. The topological polar surface area (TPSA) is 47.3 Å². The van der Waals surface area contributed by atoms with Crippen molar-refractivity contribution in [3.8, 4) is 5.75 Å². The first kappa shape index (κ1) is 12.9. The molecule has 2 aromatic rings. The average Bonchev–Trinajstić information content (AvgIpc) is 2.94. The van der Waals surface area contributed by atoms with E-state index in [0.717, 1.165) is 30.0 Å². The number of hydrogen-bond acceptors (Lipinski definition) is 3. The van der Waals surface area contributed by atoms with Crippen LogP contribution in [0.25, 0.3) is 0 Å². The third-order valence-electron chi connectivity index (χ3n) is 3.54. The third kappa shape index (κ3) is 2.60. The number of nitrogens with one attached hydrogen (secondary N) is 1. The Balaban J connectivity index is 1.81. The molecule has 0 radical (unpaired) electrons. The lowest BCUT2D eigenvalue weighted by atomic mass is 10.0. The van der Waals surface area contributed by atoms with Gasteiger partial charge in [-0.3, -0.25) is 0 Å². The maximum atomic E-state index is 12.9. The van der Waals surface area contributed by atoms with Gasteiger partial charge >= 0.3 is 0 Å². The van der Waals surface area contributed by atoms with Crippen LogP contribution in [-0.2, 0) is 6.42 Å². The lowest BCUT2D eigenvalue weighted by Gasteiger charge is -2.19. The van der Waals surface area contributed by atoms with Crippen molar-refractivity contribution in [3.05, 3.63) is 59.4 Å². The fourth-order valence-electron chi connectivity index (χ4n) is 2.45.